The Bertz CT molecular complexity index is 1640. The summed E-state index contributed by atoms with van der Waals surface area (Å²) < 4.78 is 1.47. The highest BCUT2D eigenvalue weighted by Gasteiger charge is 2.30. The number of nitrogens with one attached hydrogen (secondary N) is 1. The van der Waals surface area contributed by atoms with E-state index in [1.54, 1.807) is 31.2 Å². The average Bonchev–Trinajstić information content (AvgIpc) is 3.33. The van der Waals surface area contributed by atoms with Crippen LogP contribution in [0.3, 0.4) is 0 Å². The molecule has 4 aromatic rings. The molecule has 8 heteroatoms. The van der Waals surface area contributed by atoms with Crippen molar-refractivity contribution in [2.45, 2.75) is 46.0 Å². The summed E-state index contributed by atoms with van der Waals surface area (Å²) in [7, 11) is 0. The fourth-order valence-corrected chi connectivity index (χ4v) is 4.95. The number of rotatable bonds is 5. The molecule has 1 aliphatic carbocycles. The van der Waals surface area contributed by atoms with Crippen molar-refractivity contribution in [3.05, 3.63) is 92.9 Å². The lowest BCUT2D eigenvalue weighted by Gasteiger charge is -2.19. The smallest absolute Gasteiger partial charge is 0.335 e. The molecule has 37 heavy (non-hydrogen) atoms. The zero-order valence-corrected chi connectivity index (χ0v) is 21.2. The molecule has 1 aliphatic rings. The van der Waals surface area contributed by atoms with Gasteiger partial charge in [0.25, 0.3) is 5.56 Å². The minimum atomic E-state index is -1.06. The minimum absolute atomic E-state index is 0.0590. The molecule has 0 fully saturated rings. The fourth-order valence-electron chi connectivity index (χ4n) is 4.95. The maximum atomic E-state index is 13.3. The Morgan fingerprint density at radius 1 is 1.05 bits per heavy atom. The molecule has 0 radical (unpaired) electrons. The summed E-state index contributed by atoms with van der Waals surface area (Å²) in [6.45, 7) is 8.02. The molecular weight excluding hydrogens is 468 g/mol. The van der Waals surface area contributed by atoms with Crippen LogP contribution in [0.4, 0.5) is 11.4 Å². The topological polar surface area (TPSA) is 120 Å². The Morgan fingerprint density at radius 2 is 1.84 bits per heavy atom. The van der Waals surface area contributed by atoms with Crippen LogP contribution < -0.4 is 5.56 Å². The number of H-pyrrole nitrogens is 1. The number of aromatic amines is 1. The van der Waals surface area contributed by atoms with Gasteiger partial charge in [-0.05, 0) is 90.8 Å². The Kier molecular flexibility index (Phi) is 5.82. The van der Waals surface area contributed by atoms with Gasteiger partial charge in [0.2, 0.25) is 0 Å². The number of nitrogens with zero attached hydrogens (tertiary/aromatic N) is 3. The van der Waals surface area contributed by atoms with Gasteiger partial charge in [-0.2, -0.15) is 0 Å². The number of aromatic nitrogens is 2. The predicted molar refractivity (Wildman–Crippen MR) is 142 cm³/mol. The van der Waals surface area contributed by atoms with Crippen LogP contribution in [0.2, 0.25) is 0 Å². The lowest BCUT2D eigenvalue weighted by atomic mass is 9.86. The van der Waals surface area contributed by atoms with Gasteiger partial charge in [0.15, 0.2) is 11.4 Å². The molecule has 1 heterocycles. The molecule has 3 aromatic carbocycles. The zero-order chi connectivity index (χ0) is 26.5. The molecule has 5 rings (SSSR count). The predicted octanol–water partition coefficient (Wildman–Crippen LogP) is 6.49. The summed E-state index contributed by atoms with van der Waals surface area (Å²) in [6.07, 6.45) is 2.11. The number of aryl methyl sites for hydroxylation is 3. The van der Waals surface area contributed by atoms with Gasteiger partial charge in [0.1, 0.15) is 5.69 Å². The van der Waals surface area contributed by atoms with E-state index in [9.17, 15) is 19.8 Å². The van der Waals surface area contributed by atoms with Crippen LogP contribution in [0.25, 0.3) is 16.8 Å². The highest BCUT2D eigenvalue weighted by Crippen LogP contribution is 2.40. The number of aromatic hydroxyl groups is 1. The van der Waals surface area contributed by atoms with Crippen molar-refractivity contribution in [3.63, 3.8) is 0 Å². The van der Waals surface area contributed by atoms with Crippen LogP contribution in [0.15, 0.2) is 69.6 Å². The Morgan fingerprint density at radius 3 is 2.59 bits per heavy atom. The third-order valence-corrected chi connectivity index (χ3v) is 7.05. The molecule has 0 spiro atoms. The molecule has 0 saturated heterocycles. The van der Waals surface area contributed by atoms with Crippen molar-refractivity contribution >= 4 is 17.3 Å². The molecule has 1 aromatic heterocycles. The van der Waals surface area contributed by atoms with E-state index in [-0.39, 0.29) is 33.7 Å². The summed E-state index contributed by atoms with van der Waals surface area (Å²) in [5.74, 6) is -1.20. The van der Waals surface area contributed by atoms with Crippen LogP contribution in [0.1, 0.15) is 53.0 Å². The van der Waals surface area contributed by atoms with Crippen LogP contribution >= 0.6 is 0 Å². The lowest BCUT2D eigenvalue weighted by molar-refractivity contribution is 0.0697. The normalized spacial score (nSPS) is 14.3. The maximum Gasteiger partial charge on any atom is 0.335 e. The van der Waals surface area contributed by atoms with Gasteiger partial charge >= 0.3 is 5.97 Å². The third-order valence-electron chi connectivity index (χ3n) is 7.05. The number of hydrogen-bond acceptors (Lipinski definition) is 5. The summed E-state index contributed by atoms with van der Waals surface area (Å²) in [4.78, 5) is 24.7. The molecule has 0 unspecified atom stereocenters. The van der Waals surface area contributed by atoms with Gasteiger partial charge in [-0.3, -0.25) is 9.89 Å². The van der Waals surface area contributed by atoms with E-state index in [4.69, 9.17) is 0 Å². The molecule has 0 aliphatic heterocycles. The van der Waals surface area contributed by atoms with Gasteiger partial charge in [-0.1, -0.05) is 32.0 Å². The summed E-state index contributed by atoms with van der Waals surface area (Å²) in [5.41, 5.74) is 5.78. The quantitative estimate of drug-likeness (QED) is 0.273. The molecule has 0 bridgehead atoms. The number of phenolic OH excluding ortho intramolecular Hbond substituents is 1. The molecule has 0 amide bonds. The molecule has 3 N–H and O–H groups in total. The standard InChI is InChI=1S/C29H28N4O4/c1-16-12-22(19-6-5-7-20(14-19)28(36)37)26(34)24(13-16)30-31-25-17(2)32-33(27(25)35)21-9-8-18-10-11-29(3,4)23(18)15-21/h5-9,12-15,32,34H,10-11H2,1-4H3,(H,36,37). The van der Waals surface area contributed by atoms with E-state index in [2.05, 4.69) is 41.3 Å². The second kappa shape index (κ2) is 8.89. The highest BCUT2D eigenvalue weighted by atomic mass is 16.4. The van der Waals surface area contributed by atoms with Gasteiger partial charge in [-0.25, -0.2) is 9.48 Å². The summed E-state index contributed by atoms with van der Waals surface area (Å²) >= 11 is 0. The van der Waals surface area contributed by atoms with Gasteiger partial charge in [0, 0.05) is 5.56 Å². The lowest BCUT2D eigenvalue weighted by Crippen LogP contribution is -2.16. The fraction of sp³-hybridized carbons (Fsp3) is 0.241. The van der Waals surface area contributed by atoms with E-state index >= 15 is 0 Å². The Balaban J connectivity index is 1.52. The van der Waals surface area contributed by atoms with E-state index < -0.39 is 5.97 Å². The van der Waals surface area contributed by atoms with Gasteiger partial charge in [-0.15, -0.1) is 10.2 Å². The number of phenols is 1. The Hall–Kier alpha value is -4.46. The molecule has 8 nitrogen and oxygen atoms in total. The maximum absolute atomic E-state index is 13.3. The van der Waals surface area contributed by atoms with Gasteiger partial charge < -0.3 is 10.2 Å². The van der Waals surface area contributed by atoms with Crippen molar-refractivity contribution in [2.24, 2.45) is 10.2 Å². The van der Waals surface area contributed by atoms with Crippen LogP contribution in [-0.4, -0.2) is 26.0 Å². The molecular formula is C29H28N4O4. The minimum Gasteiger partial charge on any atom is -0.505 e. The number of carboxylic acid groups (broad SMARTS) is 1. The number of benzene rings is 3. The van der Waals surface area contributed by atoms with E-state index in [0.717, 1.165) is 24.1 Å². The largest absolute Gasteiger partial charge is 0.505 e. The van der Waals surface area contributed by atoms with Crippen molar-refractivity contribution in [1.82, 2.24) is 9.78 Å². The molecule has 0 atom stereocenters. The van der Waals surface area contributed by atoms with Crippen molar-refractivity contribution in [1.29, 1.82) is 0 Å². The molecule has 188 valence electrons. The highest BCUT2D eigenvalue weighted by molar-refractivity contribution is 5.90. The van der Waals surface area contributed by atoms with E-state index in [0.29, 0.717) is 16.8 Å². The second-order valence-electron chi connectivity index (χ2n) is 10.2. The monoisotopic (exact) mass is 496 g/mol. The number of carboxylic acids is 1. The number of azo groups is 1. The number of aromatic carboxylic acids is 1. The van der Waals surface area contributed by atoms with E-state index in [1.807, 2.05) is 13.0 Å². The van der Waals surface area contributed by atoms with Gasteiger partial charge in [0.05, 0.1) is 16.9 Å². The first-order chi connectivity index (χ1) is 17.5. The van der Waals surface area contributed by atoms with Crippen molar-refractivity contribution < 1.29 is 15.0 Å². The van der Waals surface area contributed by atoms with Crippen molar-refractivity contribution in [2.75, 3.05) is 0 Å². The first-order valence-electron chi connectivity index (χ1n) is 12.1. The second-order valence-corrected chi connectivity index (χ2v) is 10.2. The Labute approximate surface area is 213 Å². The third kappa shape index (κ3) is 4.35. The summed E-state index contributed by atoms with van der Waals surface area (Å²) in [5, 5.41) is 31.8. The molecule has 0 saturated carbocycles. The van der Waals surface area contributed by atoms with Crippen LogP contribution in [0.5, 0.6) is 5.75 Å². The first-order valence-corrected chi connectivity index (χ1v) is 12.1. The van der Waals surface area contributed by atoms with E-state index in [1.165, 1.54) is 27.9 Å². The van der Waals surface area contributed by atoms with Crippen LogP contribution in [-0.2, 0) is 11.8 Å². The number of fused-ring (bicyclic) bond motifs is 1. The zero-order valence-electron chi connectivity index (χ0n) is 21.2. The van der Waals surface area contributed by atoms with Crippen molar-refractivity contribution in [3.8, 4) is 22.6 Å². The number of hydrogen-bond donors (Lipinski definition) is 3. The first kappa shape index (κ1) is 24.2. The van der Waals surface area contributed by atoms with Crippen LogP contribution in [0, 0.1) is 13.8 Å². The number of carbonyl (C=O) groups is 1. The average molecular weight is 497 g/mol. The summed E-state index contributed by atoms with van der Waals surface area (Å²) in [6, 6.07) is 15.8. The SMILES string of the molecule is Cc1cc(N=Nc2c(C)[nH]n(-c3ccc4c(c3)C(C)(C)CC4)c2=O)c(O)c(-c2cccc(C(=O)O)c2)c1.